The van der Waals surface area contributed by atoms with Crippen LogP contribution in [0.25, 0.3) is 5.70 Å². The minimum atomic E-state index is 0.0471. The Morgan fingerprint density at radius 2 is 2.41 bits per heavy atom. The van der Waals surface area contributed by atoms with Crippen LogP contribution in [0, 0.1) is 6.92 Å². The van der Waals surface area contributed by atoms with Gasteiger partial charge in [0.25, 0.3) is 0 Å². The molecule has 1 fully saturated rings. The lowest BCUT2D eigenvalue weighted by Crippen LogP contribution is -2.55. The Hall–Kier alpha value is -1.75. The van der Waals surface area contributed by atoms with Crippen molar-refractivity contribution in [1.82, 2.24) is 9.58 Å². The molecule has 17 heavy (non-hydrogen) atoms. The largest absolute Gasteiger partial charge is 0.375 e. The highest BCUT2D eigenvalue weighted by molar-refractivity contribution is 5.64. The van der Waals surface area contributed by atoms with Crippen LogP contribution in [0.1, 0.15) is 11.3 Å². The first kappa shape index (κ1) is 10.4. The Kier molecular flexibility index (Phi) is 2.22. The van der Waals surface area contributed by atoms with Gasteiger partial charge in [0.1, 0.15) is 6.17 Å². The highest BCUT2D eigenvalue weighted by Gasteiger charge is 2.31. The van der Waals surface area contributed by atoms with Gasteiger partial charge in [-0.2, -0.15) is 0 Å². The van der Waals surface area contributed by atoms with Gasteiger partial charge in [0.05, 0.1) is 24.6 Å². The SMILES string of the molecule is C=C1c2c(C)c(=O)ccn2N[C@H]2COCCN12. The van der Waals surface area contributed by atoms with Crippen molar-refractivity contribution in [3.63, 3.8) is 0 Å². The van der Waals surface area contributed by atoms with Crippen LogP contribution in [0.15, 0.2) is 23.6 Å². The second kappa shape index (κ2) is 3.63. The quantitative estimate of drug-likeness (QED) is 0.702. The molecule has 0 aromatic carbocycles. The molecule has 1 aromatic heterocycles. The predicted molar refractivity (Wildman–Crippen MR) is 65.1 cm³/mol. The Balaban J connectivity index is 2.13. The predicted octanol–water partition coefficient (Wildman–Crippen LogP) is 0.343. The average molecular weight is 233 g/mol. The monoisotopic (exact) mass is 233 g/mol. The molecule has 0 amide bonds. The molecule has 0 saturated carbocycles. The van der Waals surface area contributed by atoms with Crippen LogP contribution in [0.4, 0.5) is 0 Å². The average Bonchev–Trinajstić information content (AvgIpc) is 2.34. The van der Waals surface area contributed by atoms with Gasteiger partial charge in [0.2, 0.25) is 0 Å². The Morgan fingerprint density at radius 3 is 3.24 bits per heavy atom. The first-order valence-electron chi connectivity index (χ1n) is 5.71. The number of pyridine rings is 1. The van der Waals surface area contributed by atoms with Gasteiger partial charge in [-0.1, -0.05) is 6.58 Å². The molecule has 5 heteroatoms. The summed E-state index contributed by atoms with van der Waals surface area (Å²) in [6, 6.07) is 1.57. The topological polar surface area (TPSA) is 46.5 Å². The zero-order chi connectivity index (χ0) is 12.0. The van der Waals surface area contributed by atoms with Crippen molar-refractivity contribution in [3.8, 4) is 0 Å². The van der Waals surface area contributed by atoms with Crippen LogP contribution < -0.4 is 10.9 Å². The number of morpholine rings is 1. The maximum atomic E-state index is 11.7. The number of rotatable bonds is 0. The summed E-state index contributed by atoms with van der Waals surface area (Å²) in [4.78, 5) is 13.8. The summed E-state index contributed by atoms with van der Waals surface area (Å²) in [5, 5.41) is 0. The summed E-state index contributed by atoms with van der Waals surface area (Å²) in [5.74, 6) is 0. The van der Waals surface area contributed by atoms with Crippen molar-refractivity contribution in [2.24, 2.45) is 0 Å². The number of hydrogen-bond donors (Lipinski definition) is 1. The van der Waals surface area contributed by atoms with Gasteiger partial charge in [-0.25, -0.2) is 0 Å². The van der Waals surface area contributed by atoms with Crippen molar-refractivity contribution >= 4 is 5.70 Å². The molecule has 3 rings (SSSR count). The second-order valence-electron chi connectivity index (χ2n) is 4.38. The van der Waals surface area contributed by atoms with Gasteiger partial charge in [0.15, 0.2) is 5.43 Å². The van der Waals surface area contributed by atoms with Crippen LogP contribution in [0.5, 0.6) is 0 Å². The van der Waals surface area contributed by atoms with Crippen LogP contribution in [0.2, 0.25) is 0 Å². The van der Waals surface area contributed by atoms with E-state index in [0.29, 0.717) is 13.2 Å². The van der Waals surface area contributed by atoms with Crippen molar-refractivity contribution in [1.29, 1.82) is 0 Å². The molecule has 0 spiro atoms. The van der Waals surface area contributed by atoms with Crippen LogP contribution >= 0.6 is 0 Å². The molecule has 1 saturated heterocycles. The van der Waals surface area contributed by atoms with E-state index in [9.17, 15) is 4.79 Å². The minimum absolute atomic E-state index is 0.0471. The smallest absolute Gasteiger partial charge is 0.185 e. The summed E-state index contributed by atoms with van der Waals surface area (Å²) in [5.41, 5.74) is 5.86. The molecule has 0 aliphatic carbocycles. The molecular formula is C12H15N3O2. The number of nitrogens with zero attached hydrogens (tertiary/aromatic N) is 2. The van der Waals surface area contributed by atoms with E-state index < -0.39 is 0 Å². The van der Waals surface area contributed by atoms with Gasteiger partial charge < -0.3 is 15.1 Å². The summed E-state index contributed by atoms with van der Waals surface area (Å²) >= 11 is 0. The molecule has 3 heterocycles. The molecule has 1 N–H and O–H groups in total. The number of hydrogen-bond acceptors (Lipinski definition) is 4. The van der Waals surface area contributed by atoms with Crippen molar-refractivity contribution < 1.29 is 4.74 Å². The van der Waals surface area contributed by atoms with Gasteiger partial charge >= 0.3 is 0 Å². The summed E-state index contributed by atoms with van der Waals surface area (Å²) in [6.45, 7) is 8.08. The lowest BCUT2D eigenvalue weighted by atomic mass is 10.1. The highest BCUT2D eigenvalue weighted by Crippen LogP contribution is 2.26. The normalized spacial score (nSPS) is 22.8. The number of aromatic nitrogens is 1. The van der Waals surface area contributed by atoms with Crippen LogP contribution in [0.3, 0.4) is 0 Å². The number of ether oxygens (including phenoxy) is 1. The molecule has 2 aliphatic rings. The molecular weight excluding hydrogens is 218 g/mol. The standard InChI is InChI=1S/C12H15N3O2/c1-8-10(16)3-4-15-12(8)9(2)14-5-6-17-7-11(14)13-15/h3-4,11,13H,2,5-7H2,1H3/t11-/m1/s1. The van der Waals surface area contributed by atoms with E-state index in [2.05, 4.69) is 16.9 Å². The molecule has 5 nitrogen and oxygen atoms in total. The third kappa shape index (κ3) is 1.46. The maximum absolute atomic E-state index is 11.7. The Morgan fingerprint density at radius 1 is 1.59 bits per heavy atom. The third-order valence-corrected chi connectivity index (χ3v) is 3.38. The maximum Gasteiger partial charge on any atom is 0.185 e. The summed E-state index contributed by atoms with van der Waals surface area (Å²) in [7, 11) is 0. The second-order valence-corrected chi connectivity index (χ2v) is 4.38. The van der Waals surface area contributed by atoms with E-state index in [4.69, 9.17) is 4.74 Å². The van der Waals surface area contributed by atoms with Gasteiger partial charge in [-0.05, 0) is 6.92 Å². The van der Waals surface area contributed by atoms with Crippen molar-refractivity contribution in [3.05, 3.63) is 40.3 Å². The third-order valence-electron chi connectivity index (χ3n) is 3.38. The van der Waals surface area contributed by atoms with Crippen molar-refractivity contribution in [2.45, 2.75) is 13.1 Å². The highest BCUT2D eigenvalue weighted by atomic mass is 16.5. The molecule has 90 valence electrons. The molecule has 2 aliphatic heterocycles. The zero-order valence-electron chi connectivity index (χ0n) is 9.77. The lowest BCUT2D eigenvalue weighted by Gasteiger charge is -2.44. The Bertz CT molecular complexity index is 535. The fraction of sp³-hybridized carbons (Fsp3) is 0.417. The van der Waals surface area contributed by atoms with Crippen molar-refractivity contribution in [2.75, 3.05) is 25.2 Å². The molecule has 1 aromatic rings. The molecule has 0 unspecified atom stereocenters. The first-order valence-corrected chi connectivity index (χ1v) is 5.71. The lowest BCUT2D eigenvalue weighted by molar-refractivity contribution is 0.0233. The van der Waals surface area contributed by atoms with Gasteiger partial charge in [-0.15, -0.1) is 0 Å². The van der Waals surface area contributed by atoms with Gasteiger partial charge in [0, 0.05) is 24.4 Å². The Labute approximate surface area is 99.3 Å². The molecule has 1 atom stereocenters. The van der Waals surface area contributed by atoms with E-state index in [1.54, 1.807) is 12.3 Å². The summed E-state index contributed by atoms with van der Waals surface area (Å²) in [6.07, 6.45) is 1.85. The van der Waals surface area contributed by atoms with E-state index >= 15 is 0 Å². The van der Waals surface area contributed by atoms with Crippen LogP contribution in [-0.4, -0.2) is 35.5 Å². The molecule has 0 radical (unpaired) electrons. The summed E-state index contributed by atoms with van der Waals surface area (Å²) < 4.78 is 7.31. The zero-order valence-corrected chi connectivity index (χ0v) is 9.77. The fourth-order valence-electron chi connectivity index (χ4n) is 2.43. The first-order chi connectivity index (χ1) is 8.18. The van der Waals surface area contributed by atoms with E-state index in [-0.39, 0.29) is 11.6 Å². The van der Waals surface area contributed by atoms with E-state index in [1.165, 1.54) is 0 Å². The van der Waals surface area contributed by atoms with E-state index in [0.717, 1.165) is 23.5 Å². The minimum Gasteiger partial charge on any atom is -0.375 e. The van der Waals surface area contributed by atoms with E-state index in [1.807, 2.05) is 11.6 Å². The molecule has 0 bridgehead atoms. The van der Waals surface area contributed by atoms with Crippen LogP contribution in [-0.2, 0) is 4.74 Å². The number of fused-ring (bicyclic) bond motifs is 2. The fourth-order valence-corrected chi connectivity index (χ4v) is 2.43. The number of nitrogens with one attached hydrogen (secondary N) is 1. The van der Waals surface area contributed by atoms with Gasteiger partial charge in [-0.3, -0.25) is 9.47 Å².